The number of carbonyl (C=O) groups is 4. The van der Waals surface area contributed by atoms with E-state index in [-0.39, 0.29) is 29.7 Å². The Morgan fingerprint density at radius 1 is 0.682 bits per heavy atom. The van der Waals surface area contributed by atoms with E-state index in [2.05, 4.69) is 35.1 Å². The molecule has 2 rings (SSSR count). The number of rotatable bonds is 23. The largest absolute Gasteiger partial charge is 0.354 e. The molecule has 2 aromatic carbocycles. The van der Waals surface area contributed by atoms with Crippen molar-refractivity contribution in [1.82, 2.24) is 21.3 Å². The van der Waals surface area contributed by atoms with Gasteiger partial charge in [-0.05, 0) is 30.4 Å². The third-order valence-corrected chi connectivity index (χ3v) is 9.41. The molecule has 0 bridgehead atoms. The van der Waals surface area contributed by atoms with Crippen LogP contribution in [0, 0.1) is 0 Å². The molecule has 2 aromatic rings. The lowest BCUT2D eigenvalue weighted by Crippen LogP contribution is -2.48. The number of unbranched alkanes of at least 4 members (excludes halogenated alkanes) is 4. The van der Waals surface area contributed by atoms with Gasteiger partial charge in [-0.2, -0.15) is 0 Å². The molecule has 2 unspecified atom stereocenters. The number of benzene rings is 2. The van der Waals surface area contributed by atoms with Gasteiger partial charge in [0.15, 0.2) is 0 Å². The highest BCUT2D eigenvalue weighted by Gasteiger charge is 2.21. The molecule has 0 fully saturated rings. The molecular formula is C34H50N4O4S2. The van der Waals surface area contributed by atoms with Gasteiger partial charge in [0.1, 0.15) is 6.04 Å². The van der Waals surface area contributed by atoms with E-state index >= 15 is 0 Å². The van der Waals surface area contributed by atoms with Crippen LogP contribution in [0.2, 0.25) is 0 Å². The zero-order chi connectivity index (χ0) is 31.8. The molecule has 242 valence electrons. The van der Waals surface area contributed by atoms with Crippen molar-refractivity contribution in [2.24, 2.45) is 0 Å². The zero-order valence-corrected chi connectivity index (χ0v) is 27.9. The smallest absolute Gasteiger partial charge is 0.243 e. The number of nitrogens with one attached hydrogen (secondary N) is 4. The van der Waals surface area contributed by atoms with Gasteiger partial charge in [-0.3, -0.25) is 19.2 Å². The topological polar surface area (TPSA) is 116 Å². The van der Waals surface area contributed by atoms with Crippen LogP contribution >= 0.6 is 21.6 Å². The van der Waals surface area contributed by atoms with E-state index in [1.54, 1.807) is 0 Å². The third-order valence-electron chi connectivity index (χ3n) is 6.99. The van der Waals surface area contributed by atoms with Crippen LogP contribution in [0.4, 0.5) is 0 Å². The van der Waals surface area contributed by atoms with Crippen LogP contribution in [-0.2, 0) is 25.6 Å². The maximum Gasteiger partial charge on any atom is 0.243 e. The molecular weight excluding hydrogens is 593 g/mol. The first-order chi connectivity index (χ1) is 21.4. The summed E-state index contributed by atoms with van der Waals surface area (Å²) in [7, 11) is 2.98. The van der Waals surface area contributed by atoms with Crippen molar-refractivity contribution in [2.45, 2.75) is 90.1 Å². The lowest BCUT2D eigenvalue weighted by molar-refractivity contribution is -0.128. The summed E-state index contributed by atoms with van der Waals surface area (Å²) in [6.45, 7) is 5.00. The first-order valence-electron chi connectivity index (χ1n) is 15.9. The summed E-state index contributed by atoms with van der Waals surface area (Å²) >= 11 is 0. The standard InChI is InChI=1S/C34H50N4O4S2/c1-3-5-9-19-32(40)37-29(28-17-13-8-14-18-28)25-36-31(39)22-24-43-44-26-30(38-33(41)20-10-6-4-2)34(42)35-23-21-27-15-11-7-12-16-27/h7-8,11-18,29-30H,3-6,9-10,19-26H2,1-2H3,(H,35,42)(H,36,39)(H,37,40)(H,38,41). The molecule has 4 amide bonds. The van der Waals surface area contributed by atoms with Crippen molar-refractivity contribution in [3.8, 4) is 0 Å². The van der Waals surface area contributed by atoms with Gasteiger partial charge in [-0.15, -0.1) is 0 Å². The van der Waals surface area contributed by atoms with Crippen molar-refractivity contribution in [2.75, 3.05) is 24.6 Å². The molecule has 0 aromatic heterocycles. The first-order valence-corrected chi connectivity index (χ1v) is 18.4. The van der Waals surface area contributed by atoms with Crippen molar-refractivity contribution in [3.05, 3.63) is 71.8 Å². The van der Waals surface area contributed by atoms with E-state index < -0.39 is 6.04 Å². The highest BCUT2D eigenvalue weighted by molar-refractivity contribution is 8.76. The zero-order valence-electron chi connectivity index (χ0n) is 26.3. The summed E-state index contributed by atoms with van der Waals surface area (Å²) in [4.78, 5) is 50.5. The molecule has 44 heavy (non-hydrogen) atoms. The Labute approximate surface area is 271 Å². The number of hydrogen-bond donors (Lipinski definition) is 4. The highest BCUT2D eigenvalue weighted by Crippen LogP contribution is 2.23. The average molecular weight is 643 g/mol. The molecule has 10 heteroatoms. The van der Waals surface area contributed by atoms with Gasteiger partial charge < -0.3 is 21.3 Å². The van der Waals surface area contributed by atoms with Gasteiger partial charge in [-0.25, -0.2) is 0 Å². The quantitative estimate of drug-likeness (QED) is 0.0909. The lowest BCUT2D eigenvalue weighted by Gasteiger charge is -2.20. The Kier molecular flexibility index (Phi) is 19.8. The van der Waals surface area contributed by atoms with Crippen LogP contribution in [0.1, 0.15) is 88.8 Å². The minimum atomic E-state index is -0.640. The second-order valence-corrected chi connectivity index (χ2v) is 13.4. The first kappa shape index (κ1) is 37.2. The molecule has 0 heterocycles. The Morgan fingerprint density at radius 2 is 1.30 bits per heavy atom. The predicted molar refractivity (Wildman–Crippen MR) is 183 cm³/mol. The van der Waals surface area contributed by atoms with Gasteiger partial charge in [0.25, 0.3) is 0 Å². The summed E-state index contributed by atoms with van der Waals surface area (Å²) in [6.07, 6.45) is 7.63. The molecule has 8 nitrogen and oxygen atoms in total. The van der Waals surface area contributed by atoms with Crippen LogP contribution in [0.3, 0.4) is 0 Å². The summed E-state index contributed by atoms with van der Waals surface area (Å²) in [5.74, 6) is 0.547. The average Bonchev–Trinajstić information content (AvgIpc) is 3.03. The molecule has 0 saturated heterocycles. The Bertz CT molecular complexity index is 1100. The van der Waals surface area contributed by atoms with E-state index in [1.165, 1.54) is 21.6 Å². The van der Waals surface area contributed by atoms with Crippen LogP contribution in [0.5, 0.6) is 0 Å². The van der Waals surface area contributed by atoms with Crippen LogP contribution < -0.4 is 21.3 Å². The second-order valence-electron chi connectivity index (χ2n) is 10.8. The summed E-state index contributed by atoms with van der Waals surface area (Å²) in [5, 5.41) is 11.9. The minimum Gasteiger partial charge on any atom is -0.354 e. The predicted octanol–water partition coefficient (Wildman–Crippen LogP) is 5.74. The lowest BCUT2D eigenvalue weighted by atomic mass is 10.1. The van der Waals surface area contributed by atoms with Gasteiger partial charge >= 0.3 is 0 Å². The van der Waals surface area contributed by atoms with Crippen LogP contribution in [-0.4, -0.2) is 54.3 Å². The normalized spacial score (nSPS) is 12.1. The molecule has 2 atom stereocenters. The van der Waals surface area contributed by atoms with E-state index in [1.807, 2.05) is 60.7 Å². The Hall–Kier alpha value is -2.98. The fourth-order valence-electron chi connectivity index (χ4n) is 4.44. The summed E-state index contributed by atoms with van der Waals surface area (Å²) < 4.78 is 0. The summed E-state index contributed by atoms with van der Waals surface area (Å²) in [5.41, 5.74) is 2.09. The Balaban J connectivity index is 1.78. The fourth-order valence-corrected chi connectivity index (χ4v) is 6.59. The van der Waals surface area contributed by atoms with Crippen molar-refractivity contribution < 1.29 is 19.2 Å². The molecule has 0 aliphatic heterocycles. The van der Waals surface area contributed by atoms with Crippen molar-refractivity contribution >= 4 is 45.2 Å². The van der Waals surface area contributed by atoms with Crippen molar-refractivity contribution in [3.63, 3.8) is 0 Å². The van der Waals surface area contributed by atoms with E-state index in [0.29, 0.717) is 50.3 Å². The highest BCUT2D eigenvalue weighted by atomic mass is 33.1. The van der Waals surface area contributed by atoms with Gasteiger partial charge in [-0.1, -0.05) is 122 Å². The SMILES string of the molecule is CCCCCC(=O)NC(CSSCCC(=O)NCC(NC(=O)CCCCC)c1ccccc1)C(=O)NCCc1ccccc1. The Morgan fingerprint density at radius 3 is 1.93 bits per heavy atom. The fraction of sp³-hybridized carbons (Fsp3) is 0.529. The van der Waals surface area contributed by atoms with Gasteiger partial charge in [0, 0.05) is 43.9 Å². The number of carbonyl (C=O) groups excluding carboxylic acids is 4. The molecule has 0 spiro atoms. The van der Waals surface area contributed by atoms with E-state index in [0.717, 1.165) is 49.7 Å². The molecule has 4 N–H and O–H groups in total. The maximum atomic E-state index is 12.9. The van der Waals surface area contributed by atoms with Crippen molar-refractivity contribution in [1.29, 1.82) is 0 Å². The van der Waals surface area contributed by atoms with Crippen LogP contribution in [0.25, 0.3) is 0 Å². The van der Waals surface area contributed by atoms with Gasteiger partial charge in [0.2, 0.25) is 23.6 Å². The van der Waals surface area contributed by atoms with E-state index in [4.69, 9.17) is 0 Å². The number of amides is 4. The summed E-state index contributed by atoms with van der Waals surface area (Å²) in [6, 6.07) is 18.7. The monoisotopic (exact) mass is 642 g/mol. The molecule has 0 saturated carbocycles. The van der Waals surface area contributed by atoms with Crippen LogP contribution in [0.15, 0.2) is 60.7 Å². The maximum absolute atomic E-state index is 12.9. The second kappa shape index (κ2) is 23.4. The molecule has 0 radical (unpaired) electrons. The van der Waals surface area contributed by atoms with E-state index in [9.17, 15) is 19.2 Å². The molecule has 0 aliphatic rings. The molecule has 0 aliphatic carbocycles. The van der Waals surface area contributed by atoms with Gasteiger partial charge in [0.05, 0.1) is 6.04 Å². The number of hydrogen-bond acceptors (Lipinski definition) is 6. The third kappa shape index (κ3) is 16.8. The minimum absolute atomic E-state index is 0.00961.